The lowest BCUT2D eigenvalue weighted by Gasteiger charge is -2.40. The van der Waals surface area contributed by atoms with Crippen LogP contribution >= 0.6 is 0 Å². The third-order valence-corrected chi connectivity index (χ3v) is 6.13. The van der Waals surface area contributed by atoms with Crippen LogP contribution in [-0.2, 0) is 4.79 Å². The van der Waals surface area contributed by atoms with Crippen LogP contribution in [0.3, 0.4) is 0 Å². The van der Waals surface area contributed by atoms with Gasteiger partial charge in [0.05, 0.1) is 6.54 Å². The van der Waals surface area contributed by atoms with Gasteiger partial charge in [-0.2, -0.15) is 0 Å². The second-order valence-electron chi connectivity index (χ2n) is 7.96. The molecular formula is C21H30N2O3. The minimum absolute atomic E-state index is 0.286. The number of carbonyl (C=O) groups is 1. The van der Waals surface area contributed by atoms with Crippen molar-refractivity contribution in [1.82, 2.24) is 9.80 Å². The molecule has 5 heteroatoms. The lowest BCUT2D eigenvalue weighted by molar-refractivity contribution is -0.138. The Kier molecular flexibility index (Phi) is 5.07. The molecule has 1 amide bonds. The lowest BCUT2D eigenvalue weighted by atomic mass is 9.97. The van der Waals surface area contributed by atoms with Crippen molar-refractivity contribution in [2.45, 2.75) is 64.1 Å². The molecular weight excluding hydrogens is 328 g/mol. The Morgan fingerprint density at radius 3 is 2.54 bits per heavy atom. The first-order chi connectivity index (χ1) is 12.6. The molecule has 1 aromatic carbocycles. The van der Waals surface area contributed by atoms with E-state index in [9.17, 15) is 4.79 Å². The first-order valence-corrected chi connectivity index (χ1v) is 10.1. The van der Waals surface area contributed by atoms with Crippen LogP contribution in [-0.4, -0.2) is 54.1 Å². The minimum atomic E-state index is 0.286. The molecule has 2 fully saturated rings. The molecule has 1 aromatic rings. The fraction of sp³-hybridized carbons (Fsp3) is 0.667. The highest BCUT2D eigenvalue weighted by molar-refractivity contribution is 5.79. The summed E-state index contributed by atoms with van der Waals surface area (Å²) in [6.07, 6.45) is 5.72. The summed E-state index contributed by atoms with van der Waals surface area (Å²) >= 11 is 0. The van der Waals surface area contributed by atoms with Gasteiger partial charge in [-0.3, -0.25) is 9.69 Å². The van der Waals surface area contributed by atoms with Crippen molar-refractivity contribution in [3.8, 4) is 11.5 Å². The lowest BCUT2D eigenvalue weighted by Crippen LogP contribution is -2.51. The highest BCUT2D eigenvalue weighted by Crippen LogP contribution is 2.38. The van der Waals surface area contributed by atoms with Crippen LogP contribution in [0.2, 0.25) is 0 Å². The van der Waals surface area contributed by atoms with Gasteiger partial charge in [-0.1, -0.05) is 6.07 Å². The summed E-state index contributed by atoms with van der Waals surface area (Å²) in [5, 5.41) is 0. The van der Waals surface area contributed by atoms with Crippen molar-refractivity contribution in [3.05, 3.63) is 23.8 Å². The predicted octanol–water partition coefficient (Wildman–Crippen LogP) is 3.38. The van der Waals surface area contributed by atoms with Gasteiger partial charge in [0.1, 0.15) is 13.2 Å². The molecule has 4 rings (SSSR count). The molecule has 0 N–H and O–H groups in total. The highest BCUT2D eigenvalue weighted by Gasteiger charge is 2.33. The first-order valence-electron chi connectivity index (χ1n) is 10.1. The summed E-state index contributed by atoms with van der Waals surface area (Å²) in [4.78, 5) is 17.5. The molecule has 2 saturated heterocycles. The van der Waals surface area contributed by atoms with E-state index < -0.39 is 0 Å². The molecule has 3 aliphatic heterocycles. The van der Waals surface area contributed by atoms with E-state index in [1.165, 1.54) is 12.0 Å². The molecule has 3 aliphatic rings. The molecule has 0 saturated carbocycles. The molecule has 3 heterocycles. The third kappa shape index (κ3) is 3.41. The van der Waals surface area contributed by atoms with Crippen molar-refractivity contribution >= 4 is 5.91 Å². The van der Waals surface area contributed by atoms with Crippen molar-refractivity contribution < 1.29 is 14.3 Å². The van der Waals surface area contributed by atoms with Gasteiger partial charge in [0.15, 0.2) is 11.5 Å². The molecule has 0 bridgehead atoms. The Bertz CT molecular complexity index is 653. The largest absolute Gasteiger partial charge is 0.486 e. The van der Waals surface area contributed by atoms with E-state index in [0.29, 0.717) is 37.9 Å². The van der Waals surface area contributed by atoms with E-state index in [-0.39, 0.29) is 5.91 Å². The van der Waals surface area contributed by atoms with Crippen molar-refractivity contribution in [2.24, 2.45) is 0 Å². The van der Waals surface area contributed by atoms with E-state index in [4.69, 9.17) is 9.47 Å². The Labute approximate surface area is 156 Å². The second kappa shape index (κ2) is 7.47. The number of rotatable bonds is 3. The van der Waals surface area contributed by atoms with Crippen molar-refractivity contribution in [1.29, 1.82) is 0 Å². The summed E-state index contributed by atoms with van der Waals surface area (Å²) < 4.78 is 11.4. The summed E-state index contributed by atoms with van der Waals surface area (Å²) in [6.45, 7) is 7.11. The SMILES string of the molecule is C[C@@H]1CCC[C@@H](C)N1C(=O)CN1CCC[C@H]1c1ccc2c(c1)OCCO2. The molecule has 26 heavy (non-hydrogen) atoms. The Morgan fingerprint density at radius 2 is 1.77 bits per heavy atom. The summed E-state index contributed by atoms with van der Waals surface area (Å²) in [5.41, 5.74) is 1.24. The normalized spacial score (nSPS) is 29.0. The van der Waals surface area contributed by atoms with Crippen LogP contribution in [0.5, 0.6) is 11.5 Å². The monoisotopic (exact) mass is 358 g/mol. The van der Waals surface area contributed by atoms with E-state index in [1.54, 1.807) is 0 Å². The number of carbonyl (C=O) groups excluding carboxylic acids is 1. The Balaban J connectivity index is 1.47. The number of hydrogen-bond acceptors (Lipinski definition) is 4. The van der Waals surface area contributed by atoms with Crippen LogP contribution in [0.1, 0.15) is 57.6 Å². The van der Waals surface area contributed by atoms with Gasteiger partial charge in [0.25, 0.3) is 0 Å². The van der Waals surface area contributed by atoms with Gasteiger partial charge in [-0.05, 0) is 70.2 Å². The van der Waals surface area contributed by atoms with Crippen LogP contribution in [0.4, 0.5) is 0 Å². The van der Waals surface area contributed by atoms with Gasteiger partial charge in [0, 0.05) is 18.1 Å². The average molecular weight is 358 g/mol. The quantitative estimate of drug-likeness (QED) is 0.831. The maximum Gasteiger partial charge on any atom is 0.237 e. The van der Waals surface area contributed by atoms with Crippen molar-refractivity contribution in [3.63, 3.8) is 0 Å². The molecule has 0 radical (unpaired) electrons. The fourth-order valence-corrected chi connectivity index (χ4v) is 4.83. The van der Waals surface area contributed by atoms with E-state index in [0.717, 1.165) is 43.7 Å². The van der Waals surface area contributed by atoms with Gasteiger partial charge < -0.3 is 14.4 Å². The molecule has 3 atom stereocenters. The maximum absolute atomic E-state index is 13.0. The Morgan fingerprint density at radius 1 is 1.04 bits per heavy atom. The topological polar surface area (TPSA) is 42.0 Å². The number of hydrogen-bond donors (Lipinski definition) is 0. The number of amides is 1. The molecule has 0 aliphatic carbocycles. The van der Waals surface area contributed by atoms with E-state index >= 15 is 0 Å². The first kappa shape index (κ1) is 17.7. The van der Waals surface area contributed by atoms with Crippen LogP contribution in [0.15, 0.2) is 18.2 Å². The molecule has 5 nitrogen and oxygen atoms in total. The number of nitrogens with zero attached hydrogens (tertiary/aromatic N) is 2. The molecule has 0 aromatic heterocycles. The summed E-state index contributed by atoms with van der Waals surface area (Å²) in [7, 11) is 0. The van der Waals surface area contributed by atoms with E-state index in [2.05, 4.69) is 35.8 Å². The van der Waals surface area contributed by atoms with Gasteiger partial charge in [-0.25, -0.2) is 0 Å². The summed E-state index contributed by atoms with van der Waals surface area (Å²) in [5.74, 6) is 1.95. The number of ether oxygens (including phenoxy) is 2. The number of likely N-dealkylation sites (tertiary alicyclic amines) is 2. The molecule has 142 valence electrons. The smallest absolute Gasteiger partial charge is 0.237 e. The van der Waals surface area contributed by atoms with Crippen molar-refractivity contribution in [2.75, 3.05) is 26.3 Å². The third-order valence-electron chi connectivity index (χ3n) is 6.13. The van der Waals surface area contributed by atoms with Gasteiger partial charge in [0.2, 0.25) is 5.91 Å². The van der Waals surface area contributed by atoms with Crippen LogP contribution in [0, 0.1) is 0 Å². The van der Waals surface area contributed by atoms with Crippen LogP contribution in [0.25, 0.3) is 0 Å². The van der Waals surface area contributed by atoms with Crippen LogP contribution < -0.4 is 9.47 Å². The average Bonchev–Trinajstić information content (AvgIpc) is 3.09. The van der Waals surface area contributed by atoms with Gasteiger partial charge in [-0.15, -0.1) is 0 Å². The highest BCUT2D eigenvalue weighted by atomic mass is 16.6. The minimum Gasteiger partial charge on any atom is -0.486 e. The summed E-state index contributed by atoms with van der Waals surface area (Å²) in [6, 6.07) is 7.27. The Hall–Kier alpha value is -1.75. The van der Waals surface area contributed by atoms with E-state index in [1.807, 2.05) is 6.07 Å². The number of piperidine rings is 1. The zero-order valence-corrected chi connectivity index (χ0v) is 15.9. The zero-order chi connectivity index (χ0) is 18.1. The zero-order valence-electron chi connectivity index (χ0n) is 15.9. The fourth-order valence-electron chi connectivity index (χ4n) is 4.83. The predicted molar refractivity (Wildman–Crippen MR) is 101 cm³/mol. The standard InChI is InChI=1S/C21H30N2O3/c1-15-5-3-6-16(2)23(15)21(24)14-22-10-4-7-18(22)17-8-9-19-20(13-17)26-12-11-25-19/h8-9,13,15-16,18H,3-7,10-12,14H2,1-2H3/t15-,16-,18+/m1/s1. The molecule has 0 spiro atoms. The number of fused-ring (bicyclic) bond motifs is 1. The number of benzene rings is 1. The van der Waals surface area contributed by atoms with Gasteiger partial charge >= 0.3 is 0 Å². The molecule has 0 unspecified atom stereocenters. The maximum atomic E-state index is 13.0. The second-order valence-corrected chi connectivity index (χ2v) is 7.96.